The predicted octanol–water partition coefficient (Wildman–Crippen LogP) is 0.438. The Morgan fingerprint density at radius 1 is 1.86 bits per heavy atom. The van der Waals surface area contributed by atoms with Crippen LogP contribution in [0.15, 0.2) is 0 Å². The van der Waals surface area contributed by atoms with Crippen molar-refractivity contribution in [3.63, 3.8) is 0 Å². The van der Waals surface area contributed by atoms with Crippen LogP contribution in [0.25, 0.3) is 0 Å². The summed E-state index contributed by atoms with van der Waals surface area (Å²) < 4.78 is 11.6. The van der Waals surface area contributed by atoms with E-state index in [0.29, 0.717) is 0 Å². The second kappa shape index (κ2) is 2.55. The summed E-state index contributed by atoms with van der Waals surface area (Å²) in [5, 5.41) is 2.00. The average molecular weight is 105 g/mol. The van der Waals surface area contributed by atoms with E-state index in [2.05, 4.69) is 0 Å². The quantitative estimate of drug-likeness (QED) is 0.481. The van der Waals surface area contributed by atoms with Crippen molar-refractivity contribution in [1.29, 1.82) is 0 Å². The van der Waals surface area contributed by atoms with Crippen molar-refractivity contribution in [1.82, 2.24) is 5.32 Å². The first-order valence-corrected chi connectivity index (χ1v) is 2.04. The number of rotatable bonds is 1. The Hall–Kier alpha value is -0.600. The minimum Gasteiger partial charge on any atom is -0.327 e. The van der Waals surface area contributed by atoms with Crippen molar-refractivity contribution in [2.24, 2.45) is 0 Å². The standard InChI is InChI=1S/C4H8FNO/c1-3(5)6-4(2)7/h3H,1-2H3,(H,6,7). The van der Waals surface area contributed by atoms with Crippen LogP contribution in [0.4, 0.5) is 4.39 Å². The van der Waals surface area contributed by atoms with Crippen molar-refractivity contribution < 1.29 is 9.18 Å². The van der Waals surface area contributed by atoms with Gasteiger partial charge in [-0.1, -0.05) is 0 Å². The topological polar surface area (TPSA) is 29.1 Å². The fourth-order valence-electron chi connectivity index (χ4n) is 0.280. The summed E-state index contributed by atoms with van der Waals surface area (Å²) in [5.74, 6) is -0.338. The zero-order valence-corrected chi connectivity index (χ0v) is 4.36. The molecule has 0 rings (SSSR count). The summed E-state index contributed by atoms with van der Waals surface area (Å²) in [6.45, 7) is 2.54. The van der Waals surface area contributed by atoms with E-state index in [4.69, 9.17) is 0 Å². The van der Waals surface area contributed by atoms with Crippen LogP contribution in [0.3, 0.4) is 0 Å². The van der Waals surface area contributed by atoms with Gasteiger partial charge in [-0.2, -0.15) is 0 Å². The second-order valence-corrected chi connectivity index (χ2v) is 1.32. The molecule has 3 heteroatoms. The molecule has 2 nitrogen and oxygen atoms in total. The zero-order chi connectivity index (χ0) is 5.86. The Labute approximate surface area is 41.7 Å². The molecule has 1 N–H and O–H groups in total. The summed E-state index contributed by atoms with van der Waals surface area (Å²) in [4.78, 5) is 9.90. The number of alkyl halides is 1. The van der Waals surface area contributed by atoms with E-state index in [1.165, 1.54) is 13.8 Å². The molecule has 1 atom stereocenters. The molecule has 42 valence electrons. The molecule has 1 amide bonds. The molecule has 1 unspecified atom stereocenters. The highest BCUT2D eigenvalue weighted by Gasteiger charge is 1.95. The molecule has 0 aliphatic rings. The molecular weight excluding hydrogens is 97.0 g/mol. The number of amides is 1. The number of halogens is 1. The van der Waals surface area contributed by atoms with Crippen molar-refractivity contribution in [3.05, 3.63) is 0 Å². The Morgan fingerprint density at radius 2 is 2.29 bits per heavy atom. The Kier molecular flexibility index (Phi) is 2.33. The zero-order valence-electron chi connectivity index (χ0n) is 4.36. The second-order valence-electron chi connectivity index (χ2n) is 1.32. The van der Waals surface area contributed by atoms with Crippen LogP contribution in [-0.2, 0) is 4.79 Å². The molecular formula is C4H8FNO. The van der Waals surface area contributed by atoms with Gasteiger partial charge in [-0.3, -0.25) is 4.79 Å². The minimum atomic E-state index is -1.22. The highest BCUT2D eigenvalue weighted by atomic mass is 19.1. The molecule has 0 aromatic carbocycles. The van der Waals surface area contributed by atoms with E-state index >= 15 is 0 Å². The first-order chi connectivity index (χ1) is 3.13. The Bertz CT molecular complexity index is 72.1. The van der Waals surface area contributed by atoms with Gasteiger partial charge in [0.2, 0.25) is 5.91 Å². The van der Waals surface area contributed by atoms with Crippen molar-refractivity contribution in [2.45, 2.75) is 20.1 Å². The third-order valence-electron chi connectivity index (χ3n) is 0.402. The summed E-state index contributed by atoms with van der Waals surface area (Å²) in [6.07, 6.45) is -1.22. The maximum atomic E-state index is 11.6. The summed E-state index contributed by atoms with van der Waals surface area (Å²) >= 11 is 0. The van der Waals surface area contributed by atoms with Crippen molar-refractivity contribution in [3.8, 4) is 0 Å². The predicted molar refractivity (Wildman–Crippen MR) is 24.4 cm³/mol. The number of nitrogens with one attached hydrogen (secondary N) is 1. The SMILES string of the molecule is CC(=O)NC(C)F. The Balaban J connectivity index is 3.13. The summed E-state index contributed by atoms with van der Waals surface area (Å²) in [5.41, 5.74) is 0. The van der Waals surface area contributed by atoms with E-state index in [0.717, 1.165) is 0 Å². The normalized spacial score (nSPS) is 13.0. The smallest absolute Gasteiger partial charge is 0.219 e. The monoisotopic (exact) mass is 105 g/mol. The maximum absolute atomic E-state index is 11.6. The lowest BCUT2D eigenvalue weighted by molar-refractivity contribution is -0.120. The lowest BCUT2D eigenvalue weighted by Crippen LogP contribution is -2.26. The number of carbonyl (C=O) groups excluding carboxylic acids is 1. The largest absolute Gasteiger partial charge is 0.327 e. The van der Waals surface area contributed by atoms with Gasteiger partial charge in [0.25, 0.3) is 0 Å². The molecule has 0 heterocycles. The number of hydrogen-bond acceptors (Lipinski definition) is 1. The van der Waals surface area contributed by atoms with E-state index in [9.17, 15) is 9.18 Å². The molecule has 0 aromatic rings. The van der Waals surface area contributed by atoms with E-state index in [1.807, 2.05) is 5.32 Å². The first kappa shape index (κ1) is 6.40. The van der Waals surface area contributed by atoms with Crippen LogP contribution in [0, 0.1) is 0 Å². The van der Waals surface area contributed by atoms with Gasteiger partial charge >= 0.3 is 0 Å². The van der Waals surface area contributed by atoms with Gasteiger partial charge in [-0.25, -0.2) is 4.39 Å². The average Bonchev–Trinajstić information content (AvgIpc) is 1.27. The van der Waals surface area contributed by atoms with Crippen LogP contribution in [-0.4, -0.2) is 12.2 Å². The number of carbonyl (C=O) groups is 1. The van der Waals surface area contributed by atoms with Crippen molar-refractivity contribution >= 4 is 5.91 Å². The molecule has 7 heavy (non-hydrogen) atoms. The van der Waals surface area contributed by atoms with Gasteiger partial charge in [0.05, 0.1) is 0 Å². The van der Waals surface area contributed by atoms with Crippen LogP contribution in [0.5, 0.6) is 0 Å². The molecule has 0 radical (unpaired) electrons. The first-order valence-electron chi connectivity index (χ1n) is 2.04. The van der Waals surface area contributed by atoms with E-state index in [1.54, 1.807) is 0 Å². The summed E-state index contributed by atoms with van der Waals surface area (Å²) in [6, 6.07) is 0. The van der Waals surface area contributed by atoms with Gasteiger partial charge in [0, 0.05) is 6.92 Å². The fraction of sp³-hybridized carbons (Fsp3) is 0.750. The maximum Gasteiger partial charge on any atom is 0.219 e. The summed E-state index contributed by atoms with van der Waals surface area (Å²) in [7, 11) is 0. The van der Waals surface area contributed by atoms with Crippen LogP contribution < -0.4 is 5.32 Å². The number of hydrogen-bond donors (Lipinski definition) is 1. The van der Waals surface area contributed by atoms with Gasteiger partial charge in [-0.05, 0) is 6.92 Å². The fourth-order valence-corrected chi connectivity index (χ4v) is 0.280. The molecule has 0 fully saturated rings. The molecule has 0 aliphatic carbocycles. The molecule has 0 bridgehead atoms. The van der Waals surface area contributed by atoms with Gasteiger partial charge in [0.1, 0.15) is 0 Å². The molecule has 0 spiro atoms. The van der Waals surface area contributed by atoms with Gasteiger partial charge in [-0.15, -0.1) is 0 Å². The lowest BCUT2D eigenvalue weighted by atomic mass is 10.6. The third-order valence-corrected chi connectivity index (χ3v) is 0.402. The Morgan fingerprint density at radius 3 is 2.29 bits per heavy atom. The van der Waals surface area contributed by atoms with E-state index < -0.39 is 6.30 Å². The van der Waals surface area contributed by atoms with Crippen LogP contribution >= 0.6 is 0 Å². The van der Waals surface area contributed by atoms with Crippen molar-refractivity contribution in [2.75, 3.05) is 0 Å². The van der Waals surface area contributed by atoms with Gasteiger partial charge in [0.15, 0.2) is 6.30 Å². The molecule has 0 aliphatic heterocycles. The molecule has 0 saturated heterocycles. The van der Waals surface area contributed by atoms with Gasteiger partial charge < -0.3 is 5.32 Å². The molecule has 0 saturated carbocycles. The van der Waals surface area contributed by atoms with Crippen LogP contribution in [0.2, 0.25) is 0 Å². The van der Waals surface area contributed by atoms with Crippen LogP contribution in [0.1, 0.15) is 13.8 Å². The highest BCUT2D eigenvalue weighted by Crippen LogP contribution is 1.77. The lowest BCUT2D eigenvalue weighted by Gasteiger charge is -1.98. The molecule has 0 aromatic heterocycles. The van der Waals surface area contributed by atoms with E-state index in [-0.39, 0.29) is 5.91 Å². The third kappa shape index (κ3) is 5.40. The minimum absolute atomic E-state index is 0.338. The highest BCUT2D eigenvalue weighted by molar-refractivity contribution is 5.72.